The highest BCUT2D eigenvalue weighted by Gasteiger charge is 2.23. The van der Waals surface area contributed by atoms with E-state index in [4.69, 9.17) is 0 Å². The van der Waals surface area contributed by atoms with Crippen molar-refractivity contribution in [3.05, 3.63) is 57.0 Å². The first-order chi connectivity index (χ1) is 8.11. The topological polar surface area (TPSA) is 104 Å². The van der Waals surface area contributed by atoms with Gasteiger partial charge in [-0.1, -0.05) is 12.1 Å². The molecule has 0 aliphatic heterocycles. The summed E-state index contributed by atoms with van der Waals surface area (Å²) in [6, 6.07) is 5.75. The number of nitrogens with zero attached hydrogens (tertiary/aromatic N) is 4. The second-order valence-electron chi connectivity index (χ2n) is 3.12. The molecular formula is C9H6N4O4. The highest BCUT2D eigenvalue weighted by molar-refractivity contribution is 5.54. The number of nitro benzene ring substituents is 1. The van der Waals surface area contributed by atoms with Gasteiger partial charge in [0.2, 0.25) is 5.69 Å². The molecule has 1 aromatic carbocycles. The molecule has 0 radical (unpaired) electrons. The number of aromatic nitrogens is 2. The number of para-hydroxylation sites is 2. The fraction of sp³-hybridized carbons (Fsp3) is 0. The Bertz CT molecular complexity index is 592. The Morgan fingerprint density at radius 1 is 1.12 bits per heavy atom. The lowest BCUT2D eigenvalue weighted by molar-refractivity contribution is -0.392. The molecule has 1 heterocycles. The lowest BCUT2D eigenvalue weighted by atomic mass is 10.2. The first kappa shape index (κ1) is 10.7. The van der Waals surface area contributed by atoms with Crippen LogP contribution in [0.5, 0.6) is 0 Å². The van der Waals surface area contributed by atoms with Gasteiger partial charge in [0.05, 0.1) is 4.92 Å². The summed E-state index contributed by atoms with van der Waals surface area (Å²) in [6.07, 6.45) is 2.21. The van der Waals surface area contributed by atoms with E-state index in [2.05, 4.69) is 4.98 Å². The zero-order valence-corrected chi connectivity index (χ0v) is 8.39. The zero-order chi connectivity index (χ0) is 12.4. The predicted molar refractivity (Wildman–Crippen MR) is 56.9 cm³/mol. The monoisotopic (exact) mass is 234 g/mol. The molecule has 8 nitrogen and oxygen atoms in total. The predicted octanol–water partition coefficient (Wildman–Crippen LogP) is 1.69. The third-order valence-electron chi connectivity index (χ3n) is 2.14. The van der Waals surface area contributed by atoms with Gasteiger partial charge < -0.3 is 10.1 Å². The van der Waals surface area contributed by atoms with Gasteiger partial charge in [-0.25, -0.2) is 4.98 Å². The van der Waals surface area contributed by atoms with E-state index in [0.29, 0.717) is 0 Å². The minimum Gasteiger partial charge on any atom is -0.358 e. The van der Waals surface area contributed by atoms with Crippen LogP contribution in [0.4, 0.5) is 11.5 Å². The van der Waals surface area contributed by atoms with Crippen molar-refractivity contribution in [2.24, 2.45) is 0 Å². The number of hydrogen-bond acceptors (Lipinski definition) is 5. The van der Waals surface area contributed by atoms with Gasteiger partial charge in [-0.05, 0) is 11.0 Å². The fourth-order valence-corrected chi connectivity index (χ4v) is 1.43. The second kappa shape index (κ2) is 4.00. The number of benzene rings is 1. The third kappa shape index (κ3) is 1.83. The zero-order valence-electron chi connectivity index (χ0n) is 8.39. The van der Waals surface area contributed by atoms with E-state index in [-0.39, 0.29) is 17.2 Å². The van der Waals surface area contributed by atoms with Crippen molar-refractivity contribution in [2.75, 3.05) is 0 Å². The van der Waals surface area contributed by atoms with Crippen LogP contribution in [0.25, 0.3) is 5.69 Å². The van der Waals surface area contributed by atoms with E-state index in [9.17, 15) is 20.2 Å². The maximum atomic E-state index is 10.8. The molecule has 0 atom stereocenters. The molecule has 0 saturated carbocycles. The molecule has 0 bridgehead atoms. The lowest BCUT2D eigenvalue weighted by Crippen LogP contribution is -2.02. The number of nitro groups is 2. The van der Waals surface area contributed by atoms with Crippen LogP contribution < -0.4 is 0 Å². The van der Waals surface area contributed by atoms with Crippen molar-refractivity contribution in [1.29, 1.82) is 0 Å². The van der Waals surface area contributed by atoms with Crippen LogP contribution in [0.1, 0.15) is 0 Å². The molecule has 86 valence electrons. The molecule has 0 fully saturated rings. The van der Waals surface area contributed by atoms with Gasteiger partial charge in [-0.15, -0.1) is 0 Å². The Balaban J connectivity index is 2.64. The summed E-state index contributed by atoms with van der Waals surface area (Å²) in [5.41, 5.74) is -0.102. The molecule has 0 aliphatic rings. The molecule has 1 aromatic heterocycles. The van der Waals surface area contributed by atoms with Crippen LogP contribution in [-0.2, 0) is 0 Å². The third-order valence-corrected chi connectivity index (χ3v) is 2.14. The van der Waals surface area contributed by atoms with Gasteiger partial charge in [0.25, 0.3) is 0 Å². The summed E-state index contributed by atoms with van der Waals surface area (Å²) in [6.45, 7) is 0. The van der Waals surface area contributed by atoms with E-state index in [1.54, 1.807) is 6.07 Å². The molecule has 0 spiro atoms. The minimum atomic E-state index is -0.649. The number of imidazole rings is 1. The summed E-state index contributed by atoms with van der Waals surface area (Å²) in [5.74, 6) is -0.320. The first-order valence-electron chi connectivity index (χ1n) is 4.52. The average molecular weight is 234 g/mol. The molecule has 0 aliphatic carbocycles. The SMILES string of the molecule is O=[N+]([O-])c1ccccc1-n1cncc1[N+](=O)[O-]. The normalized spacial score (nSPS) is 10.1. The molecule has 2 rings (SSSR count). The van der Waals surface area contributed by atoms with Gasteiger partial charge in [0.15, 0.2) is 6.33 Å². The van der Waals surface area contributed by atoms with Crippen LogP contribution in [-0.4, -0.2) is 19.4 Å². The maximum Gasteiger partial charge on any atom is 0.348 e. The van der Waals surface area contributed by atoms with Crippen LogP contribution in [0.15, 0.2) is 36.8 Å². The molecule has 0 unspecified atom stereocenters. The Morgan fingerprint density at radius 2 is 1.82 bits per heavy atom. The quantitative estimate of drug-likeness (QED) is 0.593. The molecule has 8 heteroatoms. The number of rotatable bonds is 3. The van der Waals surface area contributed by atoms with E-state index >= 15 is 0 Å². The van der Waals surface area contributed by atoms with Crippen molar-refractivity contribution in [1.82, 2.24) is 9.55 Å². The molecule has 17 heavy (non-hydrogen) atoms. The van der Waals surface area contributed by atoms with E-state index < -0.39 is 9.85 Å². The lowest BCUT2D eigenvalue weighted by Gasteiger charge is -2.00. The van der Waals surface area contributed by atoms with Crippen LogP contribution in [0.3, 0.4) is 0 Å². The summed E-state index contributed by atoms with van der Waals surface area (Å²) in [4.78, 5) is 23.9. The standard InChI is InChI=1S/C9H6N4O4/c14-12(15)8-4-2-1-3-7(8)11-6-10-5-9(11)13(16)17/h1-6H. The van der Waals surface area contributed by atoms with Gasteiger partial charge in [0.1, 0.15) is 6.20 Å². The average Bonchev–Trinajstić information content (AvgIpc) is 2.77. The van der Waals surface area contributed by atoms with Crippen molar-refractivity contribution < 1.29 is 9.85 Å². The maximum absolute atomic E-state index is 10.8. The first-order valence-corrected chi connectivity index (χ1v) is 4.52. The van der Waals surface area contributed by atoms with Crippen molar-refractivity contribution >= 4 is 11.5 Å². The highest BCUT2D eigenvalue weighted by Crippen LogP contribution is 2.25. The van der Waals surface area contributed by atoms with Crippen LogP contribution in [0.2, 0.25) is 0 Å². The Labute approximate surface area is 94.4 Å². The minimum absolute atomic E-state index is 0.113. The second-order valence-corrected chi connectivity index (χ2v) is 3.12. The summed E-state index contributed by atoms with van der Waals surface area (Å²) in [5, 5.41) is 21.5. The van der Waals surface area contributed by atoms with Gasteiger partial charge in [0, 0.05) is 6.07 Å². The summed E-state index contributed by atoms with van der Waals surface area (Å²) in [7, 11) is 0. The largest absolute Gasteiger partial charge is 0.358 e. The van der Waals surface area contributed by atoms with Crippen molar-refractivity contribution in [3.8, 4) is 5.69 Å². The number of hydrogen-bond donors (Lipinski definition) is 0. The molecule has 0 saturated heterocycles. The van der Waals surface area contributed by atoms with E-state index in [0.717, 1.165) is 10.8 Å². The van der Waals surface area contributed by atoms with Crippen molar-refractivity contribution in [3.63, 3.8) is 0 Å². The molecule has 2 aromatic rings. The Hall–Kier alpha value is -2.77. The Morgan fingerprint density at radius 3 is 2.47 bits per heavy atom. The molecule has 0 N–H and O–H groups in total. The highest BCUT2D eigenvalue weighted by atomic mass is 16.6. The van der Waals surface area contributed by atoms with E-state index in [1.807, 2.05) is 0 Å². The Kier molecular flexibility index (Phi) is 2.53. The summed E-state index contributed by atoms with van der Waals surface area (Å²) >= 11 is 0. The molecular weight excluding hydrogens is 228 g/mol. The van der Waals surface area contributed by atoms with Crippen LogP contribution >= 0.6 is 0 Å². The van der Waals surface area contributed by atoms with Gasteiger partial charge in [-0.3, -0.25) is 10.1 Å². The van der Waals surface area contributed by atoms with Gasteiger partial charge in [-0.2, -0.15) is 4.57 Å². The fourth-order valence-electron chi connectivity index (χ4n) is 1.43. The summed E-state index contributed by atoms with van der Waals surface area (Å²) < 4.78 is 1.07. The molecule has 0 amide bonds. The van der Waals surface area contributed by atoms with Gasteiger partial charge >= 0.3 is 11.5 Å². The van der Waals surface area contributed by atoms with Crippen molar-refractivity contribution in [2.45, 2.75) is 0 Å². The van der Waals surface area contributed by atoms with Crippen LogP contribution in [0, 0.1) is 20.2 Å². The van der Waals surface area contributed by atoms with E-state index in [1.165, 1.54) is 24.5 Å². The smallest absolute Gasteiger partial charge is 0.348 e.